The third-order valence-electron chi connectivity index (χ3n) is 3.28. The molecule has 0 aliphatic rings. The second-order valence-electron chi connectivity index (χ2n) is 5.33. The average Bonchev–Trinajstić information content (AvgIpc) is 2.69. The number of esters is 1. The Morgan fingerprint density at radius 3 is 2.39 bits per heavy atom. The van der Waals surface area contributed by atoms with Gasteiger partial charge in [0.15, 0.2) is 5.11 Å². The van der Waals surface area contributed by atoms with E-state index >= 15 is 0 Å². The first-order valence-electron chi connectivity index (χ1n) is 8.31. The van der Waals surface area contributed by atoms with Gasteiger partial charge in [-0.15, -0.1) is 0 Å². The highest BCUT2D eigenvalue weighted by Crippen LogP contribution is 2.13. The lowest BCUT2D eigenvalue weighted by Crippen LogP contribution is -2.35. The zero-order valence-corrected chi connectivity index (χ0v) is 16.6. The van der Waals surface area contributed by atoms with Crippen LogP contribution in [0.25, 0.3) is 0 Å². The van der Waals surface area contributed by atoms with Crippen molar-refractivity contribution in [2.45, 2.75) is 6.92 Å². The summed E-state index contributed by atoms with van der Waals surface area (Å²) in [5.41, 5.74) is 6.27. The van der Waals surface area contributed by atoms with E-state index in [2.05, 4.69) is 21.5 Å². The van der Waals surface area contributed by atoms with Gasteiger partial charge in [-0.3, -0.25) is 15.6 Å². The molecule has 28 heavy (non-hydrogen) atoms. The minimum atomic E-state index is -0.781. The maximum atomic E-state index is 12.4. The van der Waals surface area contributed by atoms with Crippen LogP contribution in [0.15, 0.2) is 66.4 Å². The minimum Gasteiger partial charge on any atom is -0.462 e. The number of para-hydroxylation sites is 1. The van der Waals surface area contributed by atoms with E-state index in [-0.39, 0.29) is 17.3 Å². The molecule has 1 amide bonds. The van der Waals surface area contributed by atoms with E-state index in [4.69, 9.17) is 28.6 Å². The lowest BCUT2D eigenvalue weighted by molar-refractivity contribution is -0.140. The highest BCUT2D eigenvalue weighted by atomic mass is 35.5. The maximum Gasteiger partial charge on any atom is 0.345 e. The predicted molar refractivity (Wildman–Crippen MR) is 114 cm³/mol. The van der Waals surface area contributed by atoms with Gasteiger partial charge in [0.25, 0.3) is 5.91 Å². The number of carbonyl (C=O) groups is 2. The smallest absolute Gasteiger partial charge is 0.345 e. The number of ether oxygens (including phenoxy) is 1. The molecular formula is C19H19ClN4O3S. The maximum absolute atomic E-state index is 12.4. The average molecular weight is 419 g/mol. The van der Waals surface area contributed by atoms with Gasteiger partial charge in [0, 0.05) is 16.9 Å². The molecule has 0 aromatic heterocycles. The zero-order valence-electron chi connectivity index (χ0n) is 15.0. The molecule has 0 unspecified atom stereocenters. The van der Waals surface area contributed by atoms with Crippen molar-refractivity contribution in [1.29, 1.82) is 0 Å². The lowest BCUT2D eigenvalue weighted by atomic mass is 10.2. The summed E-state index contributed by atoms with van der Waals surface area (Å²) in [4.78, 5) is 24.5. The third-order valence-corrected chi connectivity index (χ3v) is 3.76. The highest BCUT2D eigenvalue weighted by Gasteiger charge is 2.19. The normalized spacial score (nSPS) is 10.6. The van der Waals surface area contributed by atoms with Crippen molar-refractivity contribution in [3.63, 3.8) is 0 Å². The largest absolute Gasteiger partial charge is 0.462 e. The second kappa shape index (κ2) is 10.9. The van der Waals surface area contributed by atoms with Crippen LogP contribution < -0.4 is 21.5 Å². The number of anilines is 2. The quantitative estimate of drug-likeness (QED) is 0.137. The molecule has 0 saturated heterocycles. The van der Waals surface area contributed by atoms with Gasteiger partial charge in [0.1, 0.15) is 5.57 Å². The van der Waals surface area contributed by atoms with Crippen LogP contribution >= 0.6 is 23.8 Å². The Kier molecular flexibility index (Phi) is 8.26. The van der Waals surface area contributed by atoms with Gasteiger partial charge in [-0.05, 0) is 55.5 Å². The van der Waals surface area contributed by atoms with E-state index in [0.29, 0.717) is 16.4 Å². The van der Waals surface area contributed by atoms with Crippen LogP contribution in [0.3, 0.4) is 0 Å². The Balaban J connectivity index is 2.01. The molecule has 0 radical (unpaired) electrons. The van der Waals surface area contributed by atoms with Crippen LogP contribution in [0.5, 0.6) is 0 Å². The Bertz CT molecular complexity index is 857. The second-order valence-corrected chi connectivity index (χ2v) is 6.17. The SMILES string of the molecule is CCOC(=O)C(=CNC(=S)Nc1ccc(Cl)cc1)C(=O)NNc1ccccc1. The molecule has 0 aliphatic carbocycles. The van der Waals surface area contributed by atoms with E-state index < -0.39 is 11.9 Å². The van der Waals surface area contributed by atoms with Crippen LogP contribution in [0.2, 0.25) is 5.02 Å². The standard InChI is InChI=1S/C19H19ClN4O3S/c1-2-27-18(26)16(17(25)24-23-15-6-4-3-5-7-15)12-21-19(28)22-14-10-8-13(20)9-11-14/h3-12,23H,2H2,1H3,(H,24,25)(H2,21,22,28). The van der Waals surface area contributed by atoms with E-state index in [1.54, 1.807) is 55.5 Å². The first-order valence-corrected chi connectivity index (χ1v) is 9.10. The van der Waals surface area contributed by atoms with E-state index in [1.807, 2.05) is 6.07 Å². The van der Waals surface area contributed by atoms with Gasteiger partial charge in [0.2, 0.25) is 0 Å². The van der Waals surface area contributed by atoms with Crippen molar-refractivity contribution in [3.8, 4) is 0 Å². The van der Waals surface area contributed by atoms with Crippen LogP contribution in [0.4, 0.5) is 11.4 Å². The Hall–Kier alpha value is -3.10. The minimum absolute atomic E-state index is 0.128. The summed E-state index contributed by atoms with van der Waals surface area (Å²) in [5.74, 6) is -1.46. The molecule has 0 atom stereocenters. The lowest BCUT2D eigenvalue weighted by Gasteiger charge is -2.12. The topological polar surface area (TPSA) is 91.5 Å². The van der Waals surface area contributed by atoms with Gasteiger partial charge >= 0.3 is 5.97 Å². The van der Waals surface area contributed by atoms with Crippen molar-refractivity contribution in [3.05, 3.63) is 71.4 Å². The number of benzene rings is 2. The summed E-state index contributed by atoms with van der Waals surface area (Å²) < 4.78 is 4.93. The molecule has 0 aliphatic heterocycles. The van der Waals surface area contributed by atoms with Crippen molar-refractivity contribution in [1.82, 2.24) is 10.7 Å². The van der Waals surface area contributed by atoms with Crippen LogP contribution in [-0.2, 0) is 14.3 Å². The molecule has 2 aromatic rings. The zero-order chi connectivity index (χ0) is 20.4. The molecule has 0 fully saturated rings. The van der Waals surface area contributed by atoms with Crippen molar-refractivity contribution in [2.75, 3.05) is 17.3 Å². The Labute approximate surface area is 173 Å². The number of rotatable bonds is 7. The first kappa shape index (κ1) is 21.2. The Morgan fingerprint density at radius 1 is 1.07 bits per heavy atom. The van der Waals surface area contributed by atoms with Crippen LogP contribution in [-0.4, -0.2) is 23.6 Å². The molecule has 4 N–H and O–H groups in total. The first-order chi connectivity index (χ1) is 13.5. The number of halogens is 1. The summed E-state index contributed by atoms with van der Waals surface area (Å²) in [7, 11) is 0. The number of nitrogens with one attached hydrogen (secondary N) is 4. The number of carbonyl (C=O) groups excluding carboxylic acids is 2. The summed E-state index contributed by atoms with van der Waals surface area (Å²) >= 11 is 11.0. The van der Waals surface area contributed by atoms with Crippen molar-refractivity contribution in [2.24, 2.45) is 0 Å². The number of hydrogen-bond acceptors (Lipinski definition) is 5. The van der Waals surface area contributed by atoms with E-state index in [1.165, 1.54) is 6.20 Å². The van der Waals surface area contributed by atoms with Gasteiger partial charge in [-0.25, -0.2) is 4.79 Å². The molecular weight excluding hydrogens is 400 g/mol. The predicted octanol–water partition coefficient (Wildman–Crippen LogP) is 3.22. The molecule has 9 heteroatoms. The molecule has 0 saturated carbocycles. The van der Waals surface area contributed by atoms with Crippen molar-refractivity contribution < 1.29 is 14.3 Å². The molecule has 146 valence electrons. The monoisotopic (exact) mass is 418 g/mol. The molecule has 7 nitrogen and oxygen atoms in total. The molecule has 0 bridgehead atoms. The van der Waals surface area contributed by atoms with Gasteiger partial charge < -0.3 is 15.4 Å². The molecule has 0 heterocycles. The number of thiocarbonyl (C=S) groups is 1. The molecule has 0 spiro atoms. The fourth-order valence-electron chi connectivity index (χ4n) is 1.98. The van der Waals surface area contributed by atoms with Crippen molar-refractivity contribution >= 4 is 52.2 Å². The van der Waals surface area contributed by atoms with E-state index in [9.17, 15) is 9.59 Å². The third kappa shape index (κ3) is 6.90. The fraction of sp³-hybridized carbons (Fsp3) is 0.105. The van der Waals surface area contributed by atoms with Gasteiger partial charge in [-0.2, -0.15) is 0 Å². The summed E-state index contributed by atoms with van der Waals surface area (Å²) in [6.07, 6.45) is 1.19. The summed E-state index contributed by atoms with van der Waals surface area (Å²) in [6.45, 7) is 1.78. The molecule has 2 aromatic carbocycles. The van der Waals surface area contributed by atoms with Crippen LogP contribution in [0, 0.1) is 0 Å². The molecule has 2 rings (SSSR count). The Morgan fingerprint density at radius 2 is 1.75 bits per heavy atom. The number of amides is 1. The summed E-state index contributed by atoms with van der Waals surface area (Å²) in [5, 5.41) is 6.39. The summed E-state index contributed by atoms with van der Waals surface area (Å²) in [6, 6.07) is 15.9. The van der Waals surface area contributed by atoms with Gasteiger partial charge in [-0.1, -0.05) is 29.8 Å². The highest BCUT2D eigenvalue weighted by molar-refractivity contribution is 7.80. The van der Waals surface area contributed by atoms with E-state index in [0.717, 1.165) is 0 Å². The number of hydrazine groups is 1. The van der Waals surface area contributed by atoms with Gasteiger partial charge in [0.05, 0.1) is 12.3 Å². The number of hydrogen-bond donors (Lipinski definition) is 4. The van der Waals surface area contributed by atoms with Crippen LogP contribution in [0.1, 0.15) is 6.92 Å². The fourth-order valence-corrected chi connectivity index (χ4v) is 2.28.